The summed E-state index contributed by atoms with van der Waals surface area (Å²) in [5.74, 6) is -2.04. The lowest BCUT2D eigenvalue weighted by Crippen LogP contribution is -1.99. The van der Waals surface area contributed by atoms with E-state index in [1.165, 1.54) is 6.07 Å². The van der Waals surface area contributed by atoms with Gasteiger partial charge in [-0.25, -0.2) is 8.78 Å². The summed E-state index contributed by atoms with van der Waals surface area (Å²) in [5.41, 5.74) is -0.123. The molecule has 0 bridgehead atoms. The van der Waals surface area contributed by atoms with Gasteiger partial charge in [-0.15, -0.1) is 6.58 Å². The zero-order valence-electron chi connectivity index (χ0n) is 6.60. The Bertz CT molecular complexity index is 339. The molecule has 0 aliphatic heterocycles. The van der Waals surface area contributed by atoms with E-state index >= 15 is 0 Å². The number of rotatable bonds is 2. The Labute approximate surface area is 82.8 Å². The second kappa shape index (κ2) is 3.98. The van der Waals surface area contributed by atoms with Crippen molar-refractivity contribution in [2.75, 3.05) is 0 Å². The summed E-state index contributed by atoms with van der Waals surface area (Å²) in [7, 11) is 0. The molecule has 1 unspecified atom stereocenters. The smallest absolute Gasteiger partial charge is 0.165 e. The first-order valence-corrected chi connectivity index (χ1v) is 4.30. The van der Waals surface area contributed by atoms with Gasteiger partial charge in [0.05, 0.1) is 6.10 Å². The Morgan fingerprint density at radius 2 is 2.08 bits per heavy atom. The Balaban J connectivity index is 3.27. The first kappa shape index (κ1) is 10.3. The maximum absolute atomic E-state index is 13.0. The molecule has 0 fully saturated rings. The number of halogens is 3. The third-order valence-electron chi connectivity index (χ3n) is 1.56. The molecular weight excluding hydrogens is 242 g/mol. The molecule has 0 radical (unpaired) electrons. The van der Waals surface area contributed by atoms with E-state index < -0.39 is 17.7 Å². The van der Waals surface area contributed by atoms with Gasteiger partial charge in [-0.05, 0) is 12.1 Å². The third kappa shape index (κ3) is 2.14. The van der Waals surface area contributed by atoms with Crippen LogP contribution in [-0.4, -0.2) is 5.11 Å². The van der Waals surface area contributed by atoms with E-state index in [1.54, 1.807) is 0 Å². The summed E-state index contributed by atoms with van der Waals surface area (Å²) in [6.45, 7) is 3.28. The average molecular weight is 249 g/mol. The first-order valence-electron chi connectivity index (χ1n) is 3.51. The lowest BCUT2D eigenvalue weighted by atomic mass is 10.1. The topological polar surface area (TPSA) is 20.2 Å². The van der Waals surface area contributed by atoms with Crippen molar-refractivity contribution < 1.29 is 13.9 Å². The van der Waals surface area contributed by atoms with Crippen LogP contribution in [0.1, 0.15) is 11.7 Å². The molecule has 1 N–H and O–H groups in total. The zero-order chi connectivity index (χ0) is 10.0. The highest BCUT2D eigenvalue weighted by atomic mass is 79.9. The number of hydrogen-bond acceptors (Lipinski definition) is 1. The van der Waals surface area contributed by atoms with Crippen LogP contribution in [0.2, 0.25) is 0 Å². The molecule has 4 heteroatoms. The van der Waals surface area contributed by atoms with Crippen LogP contribution in [-0.2, 0) is 0 Å². The van der Waals surface area contributed by atoms with Crippen molar-refractivity contribution in [3.05, 3.63) is 46.5 Å². The van der Waals surface area contributed by atoms with Crippen LogP contribution in [0.25, 0.3) is 0 Å². The van der Waals surface area contributed by atoms with Crippen LogP contribution < -0.4 is 0 Å². The van der Waals surface area contributed by atoms with Crippen molar-refractivity contribution in [3.63, 3.8) is 0 Å². The van der Waals surface area contributed by atoms with E-state index in [1.807, 2.05) is 0 Å². The fourth-order valence-electron chi connectivity index (χ4n) is 0.918. The van der Waals surface area contributed by atoms with Gasteiger partial charge >= 0.3 is 0 Å². The van der Waals surface area contributed by atoms with Crippen LogP contribution in [0.15, 0.2) is 29.3 Å². The van der Waals surface area contributed by atoms with Crippen LogP contribution in [0.3, 0.4) is 0 Å². The Kier molecular flexibility index (Phi) is 3.17. The summed E-state index contributed by atoms with van der Waals surface area (Å²) in [5, 5.41) is 9.21. The maximum Gasteiger partial charge on any atom is 0.165 e. The van der Waals surface area contributed by atoms with Gasteiger partial charge in [0.25, 0.3) is 0 Å². The fourth-order valence-corrected chi connectivity index (χ4v) is 1.37. The monoisotopic (exact) mass is 248 g/mol. The van der Waals surface area contributed by atoms with Gasteiger partial charge in [-0.1, -0.05) is 22.0 Å². The van der Waals surface area contributed by atoms with E-state index in [4.69, 9.17) is 0 Å². The normalized spacial score (nSPS) is 12.6. The molecule has 1 aromatic rings. The molecule has 1 rings (SSSR count). The molecule has 0 aliphatic rings. The largest absolute Gasteiger partial charge is 0.384 e. The number of aliphatic hydroxyl groups is 1. The van der Waals surface area contributed by atoms with Gasteiger partial charge in [0.1, 0.15) is 0 Å². The van der Waals surface area contributed by atoms with Crippen molar-refractivity contribution in [1.29, 1.82) is 0 Å². The Hall–Kier alpha value is -0.740. The zero-order valence-corrected chi connectivity index (χ0v) is 8.18. The molecule has 0 heterocycles. The summed E-state index contributed by atoms with van der Waals surface area (Å²) in [6, 6.07) is 2.30. The number of aliphatic hydroxyl groups excluding tert-OH is 1. The molecule has 1 nitrogen and oxygen atoms in total. The van der Waals surface area contributed by atoms with Gasteiger partial charge in [-0.2, -0.15) is 0 Å². The van der Waals surface area contributed by atoms with Crippen LogP contribution in [0.5, 0.6) is 0 Å². The highest BCUT2D eigenvalue weighted by Gasteiger charge is 2.14. The molecule has 0 saturated carbocycles. The lowest BCUT2D eigenvalue weighted by Gasteiger charge is -2.07. The summed E-state index contributed by atoms with van der Waals surface area (Å²) < 4.78 is 26.2. The summed E-state index contributed by atoms with van der Waals surface area (Å²) >= 11 is 2.99. The fraction of sp³-hybridized carbons (Fsp3) is 0.111. The van der Waals surface area contributed by atoms with E-state index in [0.29, 0.717) is 4.47 Å². The highest BCUT2D eigenvalue weighted by Crippen LogP contribution is 2.24. The van der Waals surface area contributed by atoms with Crippen LogP contribution in [0, 0.1) is 11.6 Å². The van der Waals surface area contributed by atoms with Gasteiger partial charge in [0.2, 0.25) is 0 Å². The van der Waals surface area contributed by atoms with Crippen LogP contribution in [0.4, 0.5) is 8.78 Å². The predicted octanol–water partition coefficient (Wildman–Crippen LogP) is 2.95. The summed E-state index contributed by atoms with van der Waals surface area (Å²) in [6.07, 6.45) is -0.0587. The van der Waals surface area contributed by atoms with Gasteiger partial charge in [-0.3, -0.25) is 0 Å². The summed E-state index contributed by atoms with van der Waals surface area (Å²) in [4.78, 5) is 0. The first-order chi connectivity index (χ1) is 6.06. The van der Waals surface area contributed by atoms with E-state index in [2.05, 4.69) is 22.5 Å². The quantitative estimate of drug-likeness (QED) is 0.631. The van der Waals surface area contributed by atoms with E-state index in [9.17, 15) is 13.9 Å². The van der Waals surface area contributed by atoms with Crippen molar-refractivity contribution >= 4 is 15.9 Å². The van der Waals surface area contributed by atoms with E-state index in [-0.39, 0.29) is 5.56 Å². The predicted molar refractivity (Wildman–Crippen MR) is 49.2 cm³/mol. The van der Waals surface area contributed by atoms with Crippen molar-refractivity contribution in [2.45, 2.75) is 6.10 Å². The van der Waals surface area contributed by atoms with Gasteiger partial charge < -0.3 is 5.11 Å². The third-order valence-corrected chi connectivity index (χ3v) is 2.02. The minimum atomic E-state index is -1.19. The minimum Gasteiger partial charge on any atom is -0.384 e. The molecule has 0 spiro atoms. The van der Waals surface area contributed by atoms with Gasteiger partial charge in [0.15, 0.2) is 11.6 Å². The maximum atomic E-state index is 13.0. The van der Waals surface area contributed by atoms with Crippen molar-refractivity contribution in [1.82, 2.24) is 0 Å². The SMILES string of the molecule is C=CC(O)c1cc(Br)cc(F)c1F. The highest BCUT2D eigenvalue weighted by molar-refractivity contribution is 9.10. The number of benzene rings is 1. The Morgan fingerprint density at radius 3 is 2.62 bits per heavy atom. The molecule has 70 valence electrons. The minimum absolute atomic E-state index is 0.123. The molecule has 0 amide bonds. The second-order valence-corrected chi connectivity index (χ2v) is 3.39. The molecule has 1 aromatic carbocycles. The number of hydrogen-bond donors (Lipinski definition) is 1. The molecular formula is C9H7BrF2O. The van der Waals surface area contributed by atoms with Crippen LogP contribution >= 0.6 is 15.9 Å². The molecule has 0 saturated heterocycles. The standard InChI is InChI=1S/C9H7BrF2O/c1-2-8(13)6-3-5(10)4-7(11)9(6)12/h2-4,8,13H,1H2. The average Bonchev–Trinajstić information content (AvgIpc) is 2.10. The van der Waals surface area contributed by atoms with Gasteiger partial charge in [0, 0.05) is 10.0 Å². The van der Waals surface area contributed by atoms with Crippen molar-refractivity contribution in [3.8, 4) is 0 Å². The lowest BCUT2D eigenvalue weighted by molar-refractivity contribution is 0.222. The molecule has 13 heavy (non-hydrogen) atoms. The van der Waals surface area contributed by atoms with E-state index in [0.717, 1.165) is 12.1 Å². The molecule has 0 aliphatic carbocycles. The molecule has 1 atom stereocenters. The second-order valence-electron chi connectivity index (χ2n) is 2.47. The van der Waals surface area contributed by atoms with Crippen molar-refractivity contribution in [2.24, 2.45) is 0 Å². The molecule has 0 aromatic heterocycles. The Morgan fingerprint density at radius 1 is 1.46 bits per heavy atom.